The largest absolute Gasteiger partial charge is 0.434 e. The van der Waals surface area contributed by atoms with E-state index in [1.807, 2.05) is 18.5 Å². The van der Waals surface area contributed by atoms with Crippen LogP contribution in [0.5, 0.6) is 5.75 Å². The number of carbonyl (C=O) groups excluding carboxylic acids is 1. The fourth-order valence-corrected chi connectivity index (χ4v) is 2.70. The normalized spacial score (nSPS) is 11.0. The van der Waals surface area contributed by atoms with Gasteiger partial charge in [0.25, 0.3) is 5.91 Å². The van der Waals surface area contributed by atoms with Crippen LogP contribution in [0, 0.1) is 6.92 Å². The zero-order valence-corrected chi connectivity index (χ0v) is 14.9. The number of halogens is 2. The number of anilines is 1. The number of alkyl halides is 2. The molecule has 3 rings (SSSR count). The number of nitrogens with zero attached hydrogens (tertiary/aromatic N) is 4. The van der Waals surface area contributed by atoms with E-state index in [2.05, 4.69) is 20.3 Å². The van der Waals surface area contributed by atoms with Crippen LogP contribution in [0.15, 0.2) is 42.9 Å². The molecule has 0 spiro atoms. The lowest BCUT2D eigenvalue weighted by atomic mass is 10.2. The molecule has 1 N–H and O–H groups in total. The maximum absolute atomic E-state index is 12.5. The summed E-state index contributed by atoms with van der Waals surface area (Å²) in [5.74, 6) is -0.735. The van der Waals surface area contributed by atoms with Crippen molar-refractivity contribution in [2.45, 2.75) is 33.5 Å². The number of para-hydroxylation sites is 1. The van der Waals surface area contributed by atoms with E-state index in [1.165, 1.54) is 24.4 Å². The van der Waals surface area contributed by atoms with Crippen LogP contribution in [0.1, 0.15) is 28.5 Å². The molecular formula is C18H19F2N5O2. The van der Waals surface area contributed by atoms with Crippen LogP contribution in [0.2, 0.25) is 0 Å². The number of aryl methyl sites for hydroxylation is 1. The van der Waals surface area contributed by atoms with Crippen LogP contribution < -0.4 is 10.1 Å². The smallest absolute Gasteiger partial charge is 0.387 e. The summed E-state index contributed by atoms with van der Waals surface area (Å²) in [6, 6.07) is 5.83. The number of rotatable bonds is 7. The van der Waals surface area contributed by atoms with Crippen molar-refractivity contribution in [1.29, 1.82) is 0 Å². The highest BCUT2D eigenvalue weighted by Gasteiger charge is 2.16. The number of ether oxygens (including phenoxy) is 1. The van der Waals surface area contributed by atoms with Gasteiger partial charge in [-0.1, -0.05) is 12.1 Å². The molecule has 0 bridgehead atoms. The third kappa shape index (κ3) is 4.30. The molecule has 0 saturated carbocycles. The van der Waals surface area contributed by atoms with Crippen molar-refractivity contribution in [3.8, 4) is 5.75 Å². The van der Waals surface area contributed by atoms with Crippen molar-refractivity contribution < 1.29 is 18.3 Å². The topological polar surface area (TPSA) is 74.0 Å². The molecule has 3 aromatic rings. The summed E-state index contributed by atoms with van der Waals surface area (Å²) in [7, 11) is 0. The van der Waals surface area contributed by atoms with Gasteiger partial charge in [-0.05, 0) is 26.0 Å². The van der Waals surface area contributed by atoms with E-state index in [0.29, 0.717) is 12.2 Å². The van der Waals surface area contributed by atoms with E-state index in [0.717, 1.165) is 17.8 Å². The summed E-state index contributed by atoms with van der Waals surface area (Å²) >= 11 is 0. The third-order valence-corrected chi connectivity index (χ3v) is 4.08. The summed E-state index contributed by atoms with van der Waals surface area (Å²) in [4.78, 5) is 12.4. The molecule has 0 atom stereocenters. The van der Waals surface area contributed by atoms with Crippen LogP contribution in [0.3, 0.4) is 0 Å². The van der Waals surface area contributed by atoms with E-state index in [9.17, 15) is 13.6 Å². The van der Waals surface area contributed by atoms with Gasteiger partial charge in [0.2, 0.25) is 0 Å². The average Bonchev–Trinajstić information content (AvgIpc) is 3.22. The Balaban J connectivity index is 1.70. The summed E-state index contributed by atoms with van der Waals surface area (Å²) in [5.41, 5.74) is 2.54. The summed E-state index contributed by atoms with van der Waals surface area (Å²) in [5, 5.41) is 11.1. The van der Waals surface area contributed by atoms with Gasteiger partial charge in [-0.15, -0.1) is 0 Å². The highest BCUT2D eigenvalue weighted by Crippen LogP contribution is 2.21. The maximum Gasteiger partial charge on any atom is 0.387 e. The van der Waals surface area contributed by atoms with Gasteiger partial charge in [-0.3, -0.25) is 14.2 Å². The Hall–Kier alpha value is -3.23. The Kier molecular flexibility index (Phi) is 5.49. The van der Waals surface area contributed by atoms with Crippen molar-refractivity contribution in [2.75, 3.05) is 5.32 Å². The van der Waals surface area contributed by atoms with Crippen LogP contribution in [-0.4, -0.2) is 32.1 Å². The highest BCUT2D eigenvalue weighted by atomic mass is 19.3. The maximum atomic E-state index is 12.5. The molecule has 0 unspecified atom stereocenters. The van der Waals surface area contributed by atoms with Crippen LogP contribution >= 0.6 is 0 Å². The Labute approximate surface area is 154 Å². The second kappa shape index (κ2) is 7.98. The van der Waals surface area contributed by atoms with Gasteiger partial charge in [0.15, 0.2) is 0 Å². The zero-order valence-electron chi connectivity index (χ0n) is 14.9. The summed E-state index contributed by atoms with van der Waals surface area (Å²) in [6.45, 7) is 2.28. The predicted octanol–water partition coefficient (Wildman–Crippen LogP) is 3.31. The van der Waals surface area contributed by atoms with Crippen LogP contribution in [0.25, 0.3) is 0 Å². The molecule has 0 aliphatic carbocycles. The second-order valence-corrected chi connectivity index (χ2v) is 5.83. The van der Waals surface area contributed by atoms with Gasteiger partial charge in [0.1, 0.15) is 5.75 Å². The lowest BCUT2D eigenvalue weighted by molar-refractivity contribution is -0.0501. The molecule has 0 aliphatic heterocycles. The zero-order chi connectivity index (χ0) is 19.4. The van der Waals surface area contributed by atoms with E-state index in [-0.39, 0.29) is 11.3 Å². The molecule has 2 heterocycles. The Morgan fingerprint density at radius 3 is 2.74 bits per heavy atom. The summed E-state index contributed by atoms with van der Waals surface area (Å²) in [6.07, 6.45) is 4.95. The summed E-state index contributed by atoms with van der Waals surface area (Å²) < 4.78 is 32.9. The second-order valence-electron chi connectivity index (χ2n) is 5.83. The first-order valence-electron chi connectivity index (χ1n) is 8.37. The third-order valence-electron chi connectivity index (χ3n) is 4.08. The van der Waals surface area contributed by atoms with Crippen molar-refractivity contribution >= 4 is 11.6 Å². The van der Waals surface area contributed by atoms with E-state index in [4.69, 9.17) is 0 Å². The number of carbonyl (C=O) groups is 1. The number of aromatic nitrogens is 4. The standard InChI is InChI=1S/C18H19F2N5O2/c1-3-25-12(2)13(8-22-25)10-24-11-14(9-21-24)23-17(26)15-6-4-5-7-16(15)27-18(19)20/h4-9,11,18H,3,10H2,1-2H3,(H,23,26). The van der Waals surface area contributed by atoms with Crippen LogP contribution in [-0.2, 0) is 13.1 Å². The van der Waals surface area contributed by atoms with Crippen molar-refractivity contribution in [3.63, 3.8) is 0 Å². The van der Waals surface area contributed by atoms with E-state index in [1.54, 1.807) is 23.1 Å². The van der Waals surface area contributed by atoms with Gasteiger partial charge in [0, 0.05) is 24.0 Å². The molecular weight excluding hydrogens is 356 g/mol. The molecule has 0 fully saturated rings. The molecule has 142 valence electrons. The van der Waals surface area contributed by atoms with E-state index < -0.39 is 12.5 Å². The first-order valence-corrected chi connectivity index (χ1v) is 8.37. The molecule has 0 saturated heterocycles. The van der Waals surface area contributed by atoms with Crippen molar-refractivity contribution in [2.24, 2.45) is 0 Å². The van der Waals surface area contributed by atoms with Crippen molar-refractivity contribution in [1.82, 2.24) is 19.6 Å². The average molecular weight is 375 g/mol. The number of benzene rings is 1. The Morgan fingerprint density at radius 2 is 2.04 bits per heavy atom. The molecule has 0 aliphatic rings. The SMILES string of the molecule is CCn1ncc(Cn2cc(NC(=O)c3ccccc3OC(F)F)cn2)c1C. The first kappa shape index (κ1) is 18.6. The number of hydrogen-bond acceptors (Lipinski definition) is 4. The van der Waals surface area contributed by atoms with Gasteiger partial charge in [0.05, 0.1) is 30.2 Å². The minimum Gasteiger partial charge on any atom is -0.434 e. The molecule has 27 heavy (non-hydrogen) atoms. The van der Waals surface area contributed by atoms with Crippen LogP contribution in [0.4, 0.5) is 14.5 Å². The molecule has 0 radical (unpaired) electrons. The number of nitrogens with one attached hydrogen (secondary N) is 1. The predicted molar refractivity (Wildman–Crippen MR) is 95.0 cm³/mol. The molecule has 7 nitrogen and oxygen atoms in total. The number of amides is 1. The molecule has 2 aromatic heterocycles. The molecule has 1 amide bonds. The molecule has 9 heteroatoms. The fraction of sp³-hybridized carbons (Fsp3) is 0.278. The van der Waals surface area contributed by atoms with Gasteiger partial charge in [-0.2, -0.15) is 19.0 Å². The monoisotopic (exact) mass is 375 g/mol. The molecule has 1 aromatic carbocycles. The lowest BCUT2D eigenvalue weighted by Crippen LogP contribution is -2.14. The quantitative estimate of drug-likeness (QED) is 0.688. The lowest BCUT2D eigenvalue weighted by Gasteiger charge is -2.09. The minimum atomic E-state index is -3.01. The number of hydrogen-bond donors (Lipinski definition) is 1. The Bertz CT molecular complexity index is 935. The highest BCUT2D eigenvalue weighted by molar-refractivity contribution is 6.06. The van der Waals surface area contributed by atoms with Gasteiger partial charge < -0.3 is 10.1 Å². The first-order chi connectivity index (χ1) is 13.0. The van der Waals surface area contributed by atoms with Crippen molar-refractivity contribution in [3.05, 3.63) is 59.7 Å². The van der Waals surface area contributed by atoms with Gasteiger partial charge in [-0.25, -0.2) is 0 Å². The minimum absolute atomic E-state index is 0.0191. The Morgan fingerprint density at radius 1 is 1.26 bits per heavy atom. The fourth-order valence-electron chi connectivity index (χ4n) is 2.70. The van der Waals surface area contributed by atoms with Gasteiger partial charge >= 0.3 is 6.61 Å². The van der Waals surface area contributed by atoms with E-state index >= 15 is 0 Å².